The number of halogens is 1. The summed E-state index contributed by atoms with van der Waals surface area (Å²) in [5, 5.41) is 2.88. The fourth-order valence-corrected chi connectivity index (χ4v) is 3.18. The molecule has 1 heterocycles. The van der Waals surface area contributed by atoms with Crippen LogP contribution in [0.3, 0.4) is 0 Å². The Morgan fingerprint density at radius 1 is 1.11 bits per heavy atom. The molecule has 0 unspecified atom stereocenters. The van der Waals surface area contributed by atoms with Gasteiger partial charge in [0.1, 0.15) is 11.5 Å². The summed E-state index contributed by atoms with van der Waals surface area (Å²) in [6, 6.07) is 13.5. The van der Waals surface area contributed by atoms with Gasteiger partial charge in [0.25, 0.3) is 5.91 Å². The van der Waals surface area contributed by atoms with Crippen molar-refractivity contribution in [3.05, 3.63) is 71.0 Å². The average Bonchev–Trinajstić information content (AvgIpc) is 3.06. The van der Waals surface area contributed by atoms with Gasteiger partial charge in [-0.1, -0.05) is 0 Å². The lowest BCUT2D eigenvalue weighted by Crippen LogP contribution is -2.21. The van der Waals surface area contributed by atoms with Crippen LogP contribution < -0.4 is 10.2 Å². The molecule has 3 aromatic rings. The molecule has 0 bridgehead atoms. The molecule has 0 fully saturated rings. The highest BCUT2D eigenvalue weighted by Gasteiger charge is 2.15. The third-order valence-corrected chi connectivity index (χ3v) is 4.65. The Morgan fingerprint density at radius 3 is 2.33 bits per heavy atom. The number of H-pyrrole nitrogens is 1. The van der Waals surface area contributed by atoms with Crippen molar-refractivity contribution in [3.63, 3.8) is 0 Å². The van der Waals surface area contributed by atoms with Crippen LogP contribution in [-0.2, 0) is 0 Å². The van der Waals surface area contributed by atoms with Crippen LogP contribution in [0.25, 0.3) is 5.69 Å². The van der Waals surface area contributed by atoms with Gasteiger partial charge in [-0.15, -0.1) is 0 Å². The van der Waals surface area contributed by atoms with Crippen LogP contribution in [-0.4, -0.2) is 28.5 Å². The molecule has 3 rings (SSSR count). The summed E-state index contributed by atoms with van der Waals surface area (Å²) < 4.78 is 15.1. The fourth-order valence-electron chi connectivity index (χ4n) is 2.92. The molecule has 140 valence electrons. The molecule has 1 aromatic heterocycles. The monoisotopic (exact) mass is 384 g/mol. The Labute approximate surface area is 162 Å². The molecule has 0 atom stereocenters. The molecular formula is C20H21FN4OS. The molecule has 0 aliphatic heterocycles. The number of carbonyl (C=O) groups is 1. The van der Waals surface area contributed by atoms with E-state index in [0.717, 1.165) is 18.8 Å². The molecule has 27 heavy (non-hydrogen) atoms. The first-order valence-electron chi connectivity index (χ1n) is 8.76. The molecular weight excluding hydrogens is 363 g/mol. The maximum absolute atomic E-state index is 13.2. The number of imidazole rings is 1. The fraction of sp³-hybridized carbons (Fsp3) is 0.200. The van der Waals surface area contributed by atoms with E-state index in [1.165, 1.54) is 12.1 Å². The number of aromatic amines is 1. The zero-order valence-electron chi connectivity index (χ0n) is 15.2. The van der Waals surface area contributed by atoms with Crippen LogP contribution in [0, 0.1) is 10.6 Å². The largest absolute Gasteiger partial charge is 0.372 e. The number of hydrogen-bond donors (Lipinski definition) is 2. The van der Waals surface area contributed by atoms with Gasteiger partial charge in [0.05, 0.1) is 0 Å². The number of amides is 1. The van der Waals surface area contributed by atoms with Crippen LogP contribution in [0.15, 0.2) is 54.7 Å². The van der Waals surface area contributed by atoms with Gasteiger partial charge < -0.3 is 15.2 Å². The average molecular weight is 384 g/mol. The minimum absolute atomic E-state index is 0.303. The van der Waals surface area contributed by atoms with Gasteiger partial charge in [-0.3, -0.25) is 9.36 Å². The van der Waals surface area contributed by atoms with Gasteiger partial charge in [0.2, 0.25) is 0 Å². The van der Waals surface area contributed by atoms with Crippen molar-refractivity contribution in [2.24, 2.45) is 0 Å². The Morgan fingerprint density at radius 2 is 1.74 bits per heavy atom. The zero-order chi connectivity index (χ0) is 19.4. The predicted octanol–water partition coefficient (Wildman–Crippen LogP) is 4.77. The topological polar surface area (TPSA) is 53.1 Å². The van der Waals surface area contributed by atoms with Gasteiger partial charge >= 0.3 is 0 Å². The van der Waals surface area contributed by atoms with E-state index in [9.17, 15) is 9.18 Å². The number of nitrogens with one attached hydrogen (secondary N) is 2. The second-order valence-electron chi connectivity index (χ2n) is 5.96. The highest BCUT2D eigenvalue weighted by atomic mass is 32.1. The second kappa shape index (κ2) is 8.18. The number of anilines is 2. The Bertz CT molecular complexity index is 972. The third kappa shape index (κ3) is 4.09. The van der Waals surface area contributed by atoms with Gasteiger partial charge in [0.15, 0.2) is 4.77 Å². The number of carbonyl (C=O) groups excluding carboxylic acids is 1. The minimum Gasteiger partial charge on any atom is -0.372 e. The highest BCUT2D eigenvalue weighted by Crippen LogP contribution is 2.19. The molecule has 0 saturated heterocycles. The molecule has 1 amide bonds. The van der Waals surface area contributed by atoms with Crippen molar-refractivity contribution in [1.82, 2.24) is 9.55 Å². The summed E-state index contributed by atoms with van der Waals surface area (Å²) in [5.74, 6) is -0.651. The van der Waals surface area contributed by atoms with Crippen molar-refractivity contribution >= 4 is 29.5 Å². The van der Waals surface area contributed by atoms with Crippen LogP contribution in [0.1, 0.15) is 24.3 Å². The van der Waals surface area contributed by atoms with Crippen molar-refractivity contribution in [3.8, 4) is 5.69 Å². The van der Waals surface area contributed by atoms with E-state index in [0.29, 0.717) is 21.8 Å². The van der Waals surface area contributed by atoms with Crippen molar-refractivity contribution in [2.75, 3.05) is 23.3 Å². The molecule has 7 heteroatoms. The lowest BCUT2D eigenvalue weighted by atomic mass is 10.2. The van der Waals surface area contributed by atoms with Crippen molar-refractivity contribution in [1.29, 1.82) is 0 Å². The van der Waals surface area contributed by atoms with E-state index in [2.05, 4.69) is 29.0 Å². The van der Waals surface area contributed by atoms with Crippen LogP contribution in [0.4, 0.5) is 15.8 Å². The summed E-state index contributed by atoms with van der Waals surface area (Å²) in [6.07, 6.45) is 1.55. The minimum atomic E-state index is -0.347. The molecule has 2 aromatic carbocycles. The molecule has 0 aliphatic carbocycles. The molecule has 0 spiro atoms. The normalized spacial score (nSPS) is 10.6. The summed E-state index contributed by atoms with van der Waals surface area (Å²) in [5.41, 5.74) is 2.76. The highest BCUT2D eigenvalue weighted by molar-refractivity contribution is 7.71. The number of hydrogen-bond acceptors (Lipinski definition) is 3. The Kier molecular flexibility index (Phi) is 5.71. The van der Waals surface area contributed by atoms with Gasteiger partial charge in [-0.2, -0.15) is 0 Å². The van der Waals surface area contributed by atoms with Crippen LogP contribution in [0.5, 0.6) is 0 Å². The lowest BCUT2D eigenvalue weighted by molar-refractivity contribution is 0.102. The summed E-state index contributed by atoms with van der Waals surface area (Å²) >= 11 is 5.27. The lowest BCUT2D eigenvalue weighted by Gasteiger charge is -2.21. The summed E-state index contributed by atoms with van der Waals surface area (Å²) in [7, 11) is 0. The maximum Gasteiger partial charge on any atom is 0.274 e. The van der Waals surface area contributed by atoms with E-state index in [4.69, 9.17) is 12.2 Å². The van der Waals surface area contributed by atoms with Crippen LogP contribution >= 0.6 is 12.2 Å². The van der Waals surface area contributed by atoms with Crippen molar-refractivity contribution in [2.45, 2.75) is 13.8 Å². The van der Waals surface area contributed by atoms with E-state index >= 15 is 0 Å². The molecule has 0 radical (unpaired) electrons. The summed E-state index contributed by atoms with van der Waals surface area (Å²) in [6.45, 7) is 6.05. The number of benzene rings is 2. The molecule has 2 N–H and O–H groups in total. The van der Waals surface area contributed by atoms with Crippen LogP contribution in [0.2, 0.25) is 0 Å². The molecule has 0 saturated carbocycles. The standard InChI is InChI=1S/C20H21FN4OS/c1-3-24(4-2)16-11-7-15(8-12-16)23-19(26)18-13-22-20(27)25(18)17-9-5-14(21)6-10-17/h5-13H,3-4H2,1-2H3,(H,22,27)(H,23,26). The first kappa shape index (κ1) is 18.8. The number of nitrogens with zero attached hydrogens (tertiary/aromatic N) is 2. The maximum atomic E-state index is 13.2. The van der Waals surface area contributed by atoms with Gasteiger partial charge in [-0.05, 0) is 74.6 Å². The van der Waals surface area contributed by atoms with Gasteiger partial charge in [-0.25, -0.2) is 4.39 Å². The van der Waals surface area contributed by atoms with Crippen molar-refractivity contribution < 1.29 is 9.18 Å². The Balaban J connectivity index is 1.83. The van der Waals surface area contributed by atoms with E-state index < -0.39 is 0 Å². The van der Waals surface area contributed by atoms with E-state index in [1.54, 1.807) is 22.9 Å². The first-order valence-corrected chi connectivity index (χ1v) is 9.17. The zero-order valence-corrected chi connectivity index (χ0v) is 16.0. The smallest absolute Gasteiger partial charge is 0.274 e. The predicted molar refractivity (Wildman–Crippen MR) is 109 cm³/mol. The number of aromatic nitrogens is 2. The van der Waals surface area contributed by atoms with E-state index in [1.807, 2.05) is 24.3 Å². The summed E-state index contributed by atoms with van der Waals surface area (Å²) in [4.78, 5) is 17.8. The third-order valence-electron chi connectivity index (χ3n) is 4.35. The molecule has 5 nitrogen and oxygen atoms in total. The molecule has 0 aliphatic rings. The number of rotatable bonds is 6. The quantitative estimate of drug-likeness (QED) is 0.602. The van der Waals surface area contributed by atoms with Gasteiger partial charge in [0, 0.05) is 36.3 Å². The first-order chi connectivity index (χ1) is 13.0. The second-order valence-corrected chi connectivity index (χ2v) is 6.35. The SMILES string of the molecule is CCN(CC)c1ccc(NC(=O)c2c[nH]c(=S)n2-c2ccc(F)cc2)cc1. The Hall–Kier alpha value is -2.93. The van der Waals surface area contributed by atoms with E-state index in [-0.39, 0.29) is 11.7 Å².